The number of nitrogens with zero attached hydrogens (tertiary/aromatic N) is 4. The largest absolute Gasteiger partial charge is 0.437 e. The molecule has 0 radical (unpaired) electrons. The van der Waals surface area contributed by atoms with E-state index in [-0.39, 0.29) is 17.8 Å². The maximum atomic E-state index is 13.0. The van der Waals surface area contributed by atoms with E-state index in [2.05, 4.69) is 15.0 Å². The molecule has 0 aliphatic carbocycles. The molecule has 8 heteroatoms. The van der Waals surface area contributed by atoms with E-state index in [1.165, 1.54) is 41.8 Å². The maximum absolute atomic E-state index is 13.0. The van der Waals surface area contributed by atoms with Gasteiger partial charge in [-0.2, -0.15) is 0 Å². The van der Waals surface area contributed by atoms with Gasteiger partial charge in [-0.05, 0) is 37.1 Å². The van der Waals surface area contributed by atoms with Gasteiger partial charge in [0.1, 0.15) is 17.3 Å². The van der Waals surface area contributed by atoms with Crippen LogP contribution in [0.3, 0.4) is 0 Å². The topological polar surface area (TPSA) is 68.2 Å². The fraction of sp³-hybridized carbons (Fsp3) is 0.222. The Morgan fingerprint density at radius 1 is 1.27 bits per heavy atom. The number of carbonyl (C=O) groups excluding carboxylic acids is 1. The molecule has 132 valence electrons. The van der Waals surface area contributed by atoms with Crippen molar-refractivity contribution in [2.24, 2.45) is 0 Å². The highest BCUT2D eigenvalue weighted by Crippen LogP contribution is 2.33. The van der Waals surface area contributed by atoms with Gasteiger partial charge in [0.25, 0.3) is 5.91 Å². The van der Waals surface area contributed by atoms with Crippen LogP contribution >= 0.6 is 11.3 Å². The number of thiazole rings is 1. The Morgan fingerprint density at radius 3 is 2.88 bits per heavy atom. The molecule has 0 N–H and O–H groups in total. The lowest BCUT2D eigenvalue weighted by molar-refractivity contribution is 0.0727. The lowest BCUT2D eigenvalue weighted by Gasteiger charge is -2.23. The van der Waals surface area contributed by atoms with Crippen molar-refractivity contribution in [2.75, 3.05) is 6.54 Å². The van der Waals surface area contributed by atoms with E-state index in [0.717, 1.165) is 12.8 Å². The van der Waals surface area contributed by atoms with Gasteiger partial charge in [-0.15, -0.1) is 11.3 Å². The van der Waals surface area contributed by atoms with Gasteiger partial charge >= 0.3 is 0 Å². The van der Waals surface area contributed by atoms with Gasteiger partial charge in [0.15, 0.2) is 0 Å². The van der Waals surface area contributed by atoms with Gasteiger partial charge in [-0.1, -0.05) is 0 Å². The first kappa shape index (κ1) is 16.6. The van der Waals surface area contributed by atoms with E-state index in [0.29, 0.717) is 29.6 Å². The average molecular weight is 370 g/mol. The molecule has 26 heavy (non-hydrogen) atoms. The summed E-state index contributed by atoms with van der Waals surface area (Å²) in [5, 5.41) is 1.75. The molecule has 6 nitrogen and oxygen atoms in total. The highest BCUT2D eigenvalue weighted by Gasteiger charge is 2.32. The number of likely N-dealkylation sites (tertiary alicyclic amines) is 1. The van der Waals surface area contributed by atoms with Crippen molar-refractivity contribution in [3.63, 3.8) is 0 Å². The summed E-state index contributed by atoms with van der Waals surface area (Å²) in [6, 6.07) is 5.53. The van der Waals surface area contributed by atoms with Gasteiger partial charge in [0.2, 0.25) is 5.88 Å². The molecule has 0 bridgehead atoms. The summed E-state index contributed by atoms with van der Waals surface area (Å²) in [5.41, 5.74) is 2.77. The van der Waals surface area contributed by atoms with Crippen LogP contribution in [0.2, 0.25) is 0 Å². The number of carbonyl (C=O) groups is 1. The summed E-state index contributed by atoms with van der Waals surface area (Å²) in [7, 11) is 0. The molecular weight excluding hydrogens is 355 g/mol. The molecule has 0 saturated carbocycles. The Hall–Kier alpha value is -2.87. The molecule has 1 saturated heterocycles. The molecule has 4 rings (SSSR count). The molecular formula is C18H15FN4O2S. The molecule has 3 heterocycles. The second-order valence-corrected chi connectivity index (χ2v) is 6.59. The minimum Gasteiger partial charge on any atom is -0.437 e. The summed E-state index contributed by atoms with van der Waals surface area (Å²) in [5.74, 6) is 0.349. The fourth-order valence-corrected chi connectivity index (χ4v) is 3.50. The predicted molar refractivity (Wildman–Crippen MR) is 93.6 cm³/mol. The molecule has 1 aliphatic rings. The minimum absolute atomic E-state index is 0.0968. The highest BCUT2D eigenvalue weighted by atomic mass is 32.1. The van der Waals surface area contributed by atoms with Crippen LogP contribution in [-0.2, 0) is 0 Å². The Balaban J connectivity index is 1.55. The summed E-state index contributed by atoms with van der Waals surface area (Å²) in [6.07, 6.45) is 4.85. The van der Waals surface area contributed by atoms with Gasteiger partial charge in [0, 0.05) is 11.9 Å². The van der Waals surface area contributed by atoms with Gasteiger partial charge in [-0.3, -0.25) is 9.78 Å². The monoisotopic (exact) mass is 370 g/mol. The quantitative estimate of drug-likeness (QED) is 0.698. The molecule has 3 aromatic rings. The van der Waals surface area contributed by atoms with E-state index >= 15 is 0 Å². The van der Waals surface area contributed by atoms with E-state index < -0.39 is 0 Å². The van der Waals surface area contributed by atoms with Crippen molar-refractivity contribution < 1.29 is 13.9 Å². The third kappa shape index (κ3) is 3.41. The lowest BCUT2D eigenvalue weighted by Crippen LogP contribution is -2.31. The number of amides is 1. The minimum atomic E-state index is -0.334. The third-order valence-corrected chi connectivity index (χ3v) is 4.76. The summed E-state index contributed by atoms with van der Waals surface area (Å²) in [6.45, 7) is 0.658. The first-order valence-electron chi connectivity index (χ1n) is 8.15. The second kappa shape index (κ2) is 7.17. The highest BCUT2D eigenvalue weighted by molar-refractivity contribution is 7.07. The number of rotatable bonds is 4. The Bertz CT molecular complexity index is 902. The second-order valence-electron chi connectivity index (χ2n) is 5.87. The zero-order valence-electron chi connectivity index (χ0n) is 13.7. The molecule has 1 aliphatic heterocycles. The van der Waals surface area contributed by atoms with Crippen LogP contribution in [0.1, 0.15) is 35.1 Å². The number of benzene rings is 1. The first-order chi connectivity index (χ1) is 12.7. The van der Waals surface area contributed by atoms with Crippen LogP contribution in [0.5, 0.6) is 11.6 Å². The van der Waals surface area contributed by atoms with Crippen molar-refractivity contribution in [3.8, 4) is 11.6 Å². The maximum Gasteiger partial charge on any atom is 0.273 e. The zero-order valence-corrected chi connectivity index (χ0v) is 14.5. The van der Waals surface area contributed by atoms with Gasteiger partial charge < -0.3 is 9.64 Å². The van der Waals surface area contributed by atoms with E-state index in [1.54, 1.807) is 22.0 Å². The molecule has 1 fully saturated rings. The van der Waals surface area contributed by atoms with E-state index in [9.17, 15) is 9.18 Å². The van der Waals surface area contributed by atoms with Crippen LogP contribution in [-0.4, -0.2) is 32.3 Å². The van der Waals surface area contributed by atoms with Crippen molar-refractivity contribution >= 4 is 17.2 Å². The van der Waals surface area contributed by atoms with Crippen LogP contribution in [0.15, 0.2) is 47.5 Å². The summed E-state index contributed by atoms with van der Waals surface area (Å²) < 4.78 is 18.7. The van der Waals surface area contributed by atoms with Crippen LogP contribution in [0, 0.1) is 5.82 Å². The van der Waals surface area contributed by atoms with Crippen molar-refractivity contribution in [3.05, 3.63) is 64.8 Å². The van der Waals surface area contributed by atoms with Gasteiger partial charge in [-0.25, -0.2) is 14.4 Å². The Morgan fingerprint density at radius 2 is 2.12 bits per heavy atom. The number of aromatic nitrogens is 3. The SMILES string of the molecule is O=C(c1cscn1)N1CCCC1c1cncc(Oc2ccc(F)cc2)n1. The van der Waals surface area contributed by atoms with Crippen molar-refractivity contribution in [1.29, 1.82) is 0 Å². The van der Waals surface area contributed by atoms with Crippen LogP contribution in [0.25, 0.3) is 0 Å². The number of ether oxygens (including phenoxy) is 1. The van der Waals surface area contributed by atoms with E-state index in [1.807, 2.05) is 0 Å². The number of hydrogen-bond donors (Lipinski definition) is 0. The van der Waals surface area contributed by atoms with Crippen LogP contribution < -0.4 is 4.74 Å². The van der Waals surface area contributed by atoms with Crippen molar-refractivity contribution in [2.45, 2.75) is 18.9 Å². The Kier molecular flexibility index (Phi) is 4.57. The average Bonchev–Trinajstić information content (AvgIpc) is 3.35. The normalized spacial score (nSPS) is 16.7. The molecule has 1 unspecified atom stereocenters. The molecule has 1 amide bonds. The molecule has 0 spiro atoms. The smallest absolute Gasteiger partial charge is 0.273 e. The molecule has 1 aromatic carbocycles. The molecule has 1 atom stereocenters. The first-order valence-corrected chi connectivity index (χ1v) is 9.09. The Labute approximate surface area is 153 Å². The van der Waals surface area contributed by atoms with E-state index in [4.69, 9.17) is 4.74 Å². The predicted octanol–water partition coefficient (Wildman–Crippen LogP) is 3.84. The van der Waals surface area contributed by atoms with Crippen molar-refractivity contribution in [1.82, 2.24) is 19.9 Å². The number of halogens is 1. The van der Waals surface area contributed by atoms with Gasteiger partial charge in [0.05, 0.1) is 29.6 Å². The van der Waals surface area contributed by atoms with Crippen LogP contribution in [0.4, 0.5) is 4.39 Å². The lowest BCUT2D eigenvalue weighted by atomic mass is 10.1. The molecule has 2 aromatic heterocycles. The summed E-state index contributed by atoms with van der Waals surface area (Å²) in [4.78, 5) is 27.2. The standard InChI is InChI=1S/C18H15FN4O2S/c19-12-3-5-13(6-4-12)25-17-9-20-8-14(22-17)16-2-1-7-23(16)18(24)15-10-26-11-21-15/h3-6,8-11,16H,1-2,7H2. The summed E-state index contributed by atoms with van der Waals surface area (Å²) >= 11 is 1.40. The fourth-order valence-electron chi connectivity index (χ4n) is 2.98. The number of hydrogen-bond acceptors (Lipinski definition) is 6. The third-order valence-electron chi connectivity index (χ3n) is 4.17. The zero-order chi connectivity index (χ0) is 17.9.